The summed E-state index contributed by atoms with van der Waals surface area (Å²) < 4.78 is 5.04. The summed E-state index contributed by atoms with van der Waals surface area (Å²) in [5.41, 5.74) is 5.07. The number of nitriles is 1. The van der Waals surface area contributed by atoms with Gasteiger partial charge in [-0.3, -0.25) is 14.9 Å². The zero-order valence-electron chi connectivity index (χ0n) is 19.6. The number of carbonyl (C=O) groups is 2. The average Bonchev–Trinajstić information content (AvgIpc) is 3.18. The molecule has 0 saturated carbocycles. The van der Waals surface area contributed by atoms with E-state index in [0.717, 1.165) is 25.9 Å². The molecular formula is C22H35N5O5. The molecule has 1 rings (SSSR count). The predicted octanol–water partition coefficient (Wildman–Crippen LogP) is 3.25. The van der Waals surface area contributed by atoms with Crippen molar-refractivity contribution in [3.63, 3.8) is 0 Å². The number of nitrogens with zero attached hydrogens (tertiary/aromatic N) is 3. The monoisotopic (exact) mass is 449 g/mol. The van der Waals surface area contributed by atoms with Crippen LogP contribution in [0.15, 0.2) is 36.2 Å². The minimum atomic E-state index is -0.671. The van der Waals surface area contributed by atoms with Crippen molar-refractivity contribution < 1.29 is 19.2 Å². The topological polar surface area (TPSA) is 152 Å². The van der Waals surface area contributed by atoms with Crippen molar-refractivity contribution in [2.45, 2.75) is 65.5 Å². The zero-order chi connectivity index (χ0) is 25.1. The summed E-state index contributed by atoms with van der Waals surface area (Å²) in [6, 6.07) is 1.25. The van der Waals surface area contributed by atoms with E-state index in [4.69, 9.17) is 15.7 Å². The Kier molecular flexibility index (Phi) is 11.8. The molecule has 1 aliphatic heterocycles. The molecule has 0 aliphatic carbocycles. The summed E-state index contributed by atoms with van der Waals surface area (Å²) in [5.74, 6) is -0.271. The van der Waals surface area contributed by atoms with Crippen molar-refractivity contribution in [2.75, 3.05) is 13.1 Å². The lowest BCUT2D eigenvalue weighted by molar-refractivity contribution is -0.418. The molecule has 0 spiro atoms. The second-order valence-corrected chi connectivity index (χ2v) is 8.79. The van der Waals surface area contributed by atoms with Gasteiger partial charge in [-0.1, -0.05) is 20.4 Å². The molecule has 1 atom stereocenters. The van der Waals surface area contributed by atoms with Crippen LogP contribution in [0.5, 0.6) is 0 Å². The quantitative estimate of drug-likeness (QED) is 0.250. The first kappa shape index (κ1) is 28.6. The molecule has 1 saturated heterocycles. The number of nitrogens with one attached hydrogen (secondary N) is 1. The third-order valence-corrected chi connectivity index (χ3v) is 4.21. The second kappa shape index (κ2) is 13.1. The molecule has 3 N–H and O–H groups in total. The maximum absolute atomic E-state index is 11.4. The number of ether oxygens (including phenoxy) is 1. The van der Waals surface area contributed by atoms with Crippen molar-refractivity contribution in [1.82, 2.24) is 10.2 Å². The molecule has 1 aliphatic rings. The van der Waals surface area contributed by atoms with Crippen molar-refractivity contribution in [1.29, 1.82) is 5.26 Å². The highest BCUT2D eigenvalue weighted by molar-refractivity contribution is 5.84. The minimum Gasteiger partial charge on any atom is -0.444 e. The van der Waals surface area contributed by atoms with Crippen LogP contribution in [0, 0.1) is 27.4 Å². The Morgan fingerprint density at radius 1 is 1.31 bits per heavy atom. The number of primary amides is 1. The first-order valence-electron chi connectivity index (χ1n) is 10.4. The van der Waals surface area contributed by atoms with Gasteiger partial charge in [0.2, 0.25) is 5.91 Å². The van der Waals surface area contributed by atoms with E-state index in [0.29, 0.717) is 12.1 Å². The van der Waals surface area contributed by atoms with Crippen LogP contribution in [0.25, 0.3) is 0 Å². The van der Waals surface area contributed by atoms with Crippen molar-refractivity contribution in [2.24, 2.45) is 11.7 Å². The predicted molar refractivity (Wildman–Crippen MR) is 122 cm³/mol. The lowest BCUT2D eigenvalue weighted by Gasteiger charge is -2.23. The molecule has 2 amide bonds. The number of likely N-dealkylation sites (tertiary alicyclic amines) is 1. The van der Waals surface area contributed by atoms with E-state index in [1.807, 2.05) is 24.8 Å². The highest BCUT2D eigenvalue weighted by Gasteiger charge is 2.23. The SMILES string of the molecule is C=C(/C(C#N)=C\C(=C)[N+](=O)[O-])N1CCCC1.CC(C)C[C@H](NC(=O)OC(C)(C)C)C(N)=O. The van der Waals surface area contributed by atoms with Gasteiger partial charge in [-0.2, -0.15) is 5.26 Å². The summed E-state index contributed by atoms with van der Waals surface area (Å²) in [6.07, 6.45) is 3.19. The van der Waals surface area contributed by atoms with Crippen LogP contribution in [0.1, 0.15) is 53.9 Å². The number of nitro groups is 1. The highest BCUT2D eigenvalue weighted by Crippen LogP contribution is 2.20. The van der Waals surface area contributed by atoms with Crippen LogP contribution >= 0.6 is 0 Å². The van der Waals surface area contributed by atoms with Crippen molar-refractivity contribution in [3.8, 4) is 6.07 Å². The van der Waals surface area contributed by atoms with E-state index in [1.165, 1.54) is 6.08 Å². The third-order valence-electron chi connectivity index (χ3n) is 4.21. The number of hydrogen-bond acceptors (Lipinski definition) is 7. The summed E-state index contributed by atoms with van der Waals surface area (Å²) in [4.78, 5) is 34.2. The molecule has 0 bridgehead atoms. The minimum absolute atomic E-state index is 0.212. The maximum atomic E-state index is 11.4. The van der Waals surface area contributed by atoms with Crippen LogP contribution in [0.4, 0.5) is 4.79 Å². The summed E-state index contributed by atoms with van der Waals surface area (Å²) in [6.45, 7) is 17.9. The van der Waals surface area contributed by atoms with Crippen LogP contribution in [-0.4, -0.2) is 46.6 Å². The number of nitrogens with two attached hydrogens (primary N) is 1. The van der Waals surface area contributed by atoms with Gasteiger partial charge in [0, 0.05) is 24.9 Å². The summed E-state index contributed by atoms with van der Waals surface area (Å²) >= 11 is 0. The Balaban J connectivity index is 0.000000601. The Labute approximate surface area is 189 Å². The van der Waals surface area contributed by atoms with E-state index in [-0.39, 0.29) is 17.2 Å². The van der Waals surface area contributed by atoms with Gasteiger partial charge in [-0.15, -0.1) is 0 Å². The number of hydrogen-bond donors (Lipinski definition) is 2. The van der Waals surface area contributed by atoms with E-state index in [9.17, 15) is 19.7 Å². The standard InChI is InChI=1S/C11H13N3O2.C11H22N2O3/c1-9(14(15)16)7-11(8-12)10(2)13-5-3-4-6-13;1-7(2)6-8(9(12)14)13-10(15)16-11(3,4)5/h7H,1-6H2;7-8H,6H2,1-5H3,(H2,12,14)(H,13,15)/b11-7-;/t;8-/m.0/s1. The van der Waals surface area contributed by atoms with Crippen LogP contribution in [0.2, 0.25) is 0 Å². The molecule has 1 heterocycles. The first-order chi connectivity index (χ1) is 14.7. The van der Waals surface area contributed by atoms with E-state index in [1.54, 1.807) is 20.8 Å². The van der Waals surface area contributed by atoms with Crippen molar-refractivity contribution in [3.05, 3.63) is 46.3 Å². The Morgan fingerprint density at radius 3 is 2.22 bits per heavy atom. The molecular weight excluding hydrogens is 414 g/mol. The Morgan fingerprint density at radius 2 is 1.84 bits per heavy atom. The third kappa shape index (κ3) is 11.7. The van der Waals surface area contributed by atoms with Gasteiger partial charge in [0.25, 0.3) is 5.70 Å². The van der Waals surface area contributed by atoms with E-state index < -0.39 is 28.6 Å². The normalized spacial score (nSPS) is 14.5. The first-order valence-corrected chi connectivity index (χ1v) is 10.4. The molecule has 10 heteroatoms. The van der Waals surface area contributed by atoms with Gasteiger partial charge < -0.3 is 20.7 Å². The van der Waals surface area contributed by atoms with Gasteiger partial charge in [0.1, 0.15) is 17.7 Å². The number of rotatable bonds is 8. The smallest absolute Gasteiger partial charge is 0.408 e. The maximum Gasteiger partial charge on any atom is 0.408 e. The zero-order valence-corrected chi connectivity index (χ0v) is 19.6. The van der Waals surface area contributed by atoms with Gasteiger partial charge in [-0.25, -0.2) is 4.79 Å². The van der Waals surface area contributed by atoms with Gasteiger partial charge in [-0.05, 0) is 52.5 Å². The molecule has 0 radical (unpaired) electrons. The molecule has 0 aromatic rings. The summed E-state index contributed by atoms with van der Waals surface area (Å²) in [7, 11) is 0. The Bertz CT molecular complexity index is 784. The molecule has 0 aromatic carbocycles. The number of carbonyl (C=O) groups excluding carboxylic acids is 2. The van der Waals surface area contributed by atoms with E-state index >= 15 is 0 Å². The lowest BCUT2D eigenvalue weighted by Crippen LogP contribution is -2.46. The molecule has 10 nitrogen and oxygen atoms in total. The second-order valence-electron chi connectivity index (χ2n) is 8.79. The van der Waals surface area contributed by atoms with Gasteiger partial charge in [0.05, 0.1) is 10.5 Å². The number of allylic oxidation sites excluding steroid dienone is 2. The molecule has 32 heavy (non-hydrogen) atoms. The van der Waals surface area contributed by atoms with Crippen molar-refractivity contribution >= 4 is 12.0 Å². The molecule has 0 unspecified atom stereocenters. The summed E-state index contributed by atoms with van der Waals surface area (Å²) in [5, 5.41) is 21.8. The fraction of sp³-hybridized carbons (Fsp3) is 0.591. The largest absolute Gasteiger partial charge is 0.444 e. The molecule has 178 valence electrons. The number of alkyl carbamates (subject to hydrolysis) is 1. The van der Waals surface area contributed by atoms with E-state index in [2.05, 4.69) is 18.5 Å². The number of amides is 2. The molecule has 1 fully saturated rings. The average molecular weight is 450 g/mol. The fourth-order valence-corrected chi connectivity index (χ4v) is 2.72. The molecule has 0 aromatic heterocycles. The highest BCUT2D eigenvalue weighted by atomic mass is 16.6. The van der Waals surface area contributed by atoms with Crippen LogP contribution in [-0.2, 0) is 9.53 Å². The Hall–Kier alpha value is -3.35. The fourth-order valence-electron chi connectivity index (χ4n) is 2.72. The lowest BCUT2D eigenvalue weighted by atomic mass is 10.0. The van der Waals surface area contributed by atoms with Crippen LogP contribution in [0.3, 0.4) is 0 Å². The van der Waals surface area contributed by atoms with Gasteiger partial charge in [0.15, 0.2) is 0 Å². The van der Waals surface area contributed by atoms with Gasteiger partial charge >= 0.3 is 6.09 Å². The van der Waals surface area contributed by atoms with Crippen LogP contribution < -0.4 is 11.1 Å².